The maximum atomic E-state index is 12.1. The predicted octanol–water partition coefficient (Wildman–Crippen LogP) is 2.33. The van der Waals surface area contributed by atoms with Crippen LogP contribution in [0.5, 0.6) is 5.75 Å². The molecule has 1 unspecified atom stereocenters. The van der Waals surface area contributed by atoms with Crippen molar-refractivity contribution in [3.63, 3.8) is 0 Å². The van der Waals surface area contributed by atoms with Crippen molar-refractivity contribution in [1.82, 2.24) is 4.90 Å². The molecule has 114 valence electrons. The fourth-order valence-corrected chi connectivity index (χ4v) is 3.52. The summed E-state index contributed by atoms with van der Waals surface area (Å²) in [5.41, 5.74) is 1.16. The molecule has 4 nitrogen and oxygen atoms in total. The van der Waals surface area contributed by atoms with Crippen LogP contribution >= 0.6 is 0 Å². The van der Waals surface area contributed by atoms with Crippen LogP contribution in [0.2, 0.25) is 0 Å². The zero-order chi connectivity index (χ0) is 14.7. The van der Waals surface area contributed by atoms with Crippen LogP contribution in [0.3, 0.4) is 0 Å². The molecule has 1 saturated carbocycles. The number of ketones is 1. The number of nitrogens with zero attached hydrogens (tertiary/aromatic N) is 2. The average molecular weight is 288 g/mol. The molecule has 1 atom stereocenters. The van der Waals surface area contributed by atoms with Gasteiger partial charge in [-0.3, -0.25) is 9.69 Å². The molecule has 0 spiro atoms. The summed E-state index contributed by atoms with van der Waals surface area (Å²) in [4.78, 5) is 16.8. The minimum Gasteiger partial charge on any atom is -0.495 e. The molecule has 1 aromatic carbocycles. The number of benzene rings is 1. The summed E-state index contributed by atoms with van der Waals surface area (Å²) in [6.45, 7) is 3.86. The Labute approximate surface area is 126 Å². The number of carbonyl (C=O) groups excluding carboxylic acids is 1. The molecule has 1 saturated heterocycles. The van der Waals surface area contributed by atoms with Crippen LogP contribution in [0.25, 0.3) is 0 Å². The van der Waals surface area contributed by atoms with Crippen molar-refractivity contribution in [1.29, 1.82) is 0 Å². The fraction of sp³-hybridized carbons (Fsp3) is 0.588. The van der Waals surface area contributed by atoms with Crippen molar-refractivity contribution in [2.24, 2.45) is 0 Å². The van der Waals surface area contributed by atoms with E-state index in [1.807, 2.05) is 12.1 Å². The monoisotopic (exact) mass is 288 g/mol. The van der Waals surface area contributed by atoms with Gasteiger partial charge in [-0.15, -0.1) is 0 Å². The third-order valence-electron chi connectivity index (χ3n) is 4.70. The van der Waals surface area contributed by atoms with Gasteiger partial charge in [0.25, 0.3) is 0 Å². The van der Waals surface area contributed by atoms with Crippen LogP contribution < -0.4 is 9.64 Å². The van der Waals surface area contributed by atoms with Crippen molar-refractivity contribution in [2.75, 3.05) is 38.2 Å². The van der Waals surface area contributed by atoms with Gasteiger partial charge in [0, 0.05) is 32.6 Å². The summed E-state index contributed by atoms with van der Waals surface area (Å²) < 4.78 is 5.45. The molecule has 1 aliphatic heterocycles. The molecule has 0 aromatic heterocycles. The number of anilines is 1. The van der Waals surface area contributed by atoms with Gasteiger partial charge in [0.15, 0.2) is 0 Å². The Hall–Kier alpha value is -1.55. The molecule has 1 heterocycles. The summed E-state index contributed by atoms with van der Waals surface area (Å²) in [6, 6.07) is 8.35. The fourth-order valence-electron chi connectivity index (χ4n) is 3.52. The zero-order valence-electron chi connectivity index (χ0n) is 12.8. The smallest absolute Gasteiger partial charge is 0.149 e. The molecule has 0 radical (unpaired) electrons. The highest BCUT2D eigenvalue weighted by Crippen LogP contribution is 2.29. The van der Waals surface area contributed by atoms with Gasteiger partial charge in [-0.25, -0.2) is 0 Å². The second-order valence-corrected chi connectivity index (χ2v) is 5.92. The third-order valence-corrected chi connectivity index (χ3v) is 4.70. The first-order valence-corrected chi connectivity index (χ1v) is 7.94. The SMILES string of the molecule is COc1ccccc1N1CCN(C2CCCCC2=O)CC1. The van der Waals surface area contributed by atoms with Crippen LogP contribution in [-0.2, 0) is 4.79 Å². The van der Waals surface area contributed by atoms with Gasteiger partial charge in [0.2, 0.25) is 0 Å². The Bertz CT molecular complexity index is 495. The van der Waals surface area contributed by atoms with Gasteiger partial charge in [-0.2, -0.15) is 0 Å². The van der Waals surface area contributed by atoms with Crippen LogP contribution in [0, 0.1) is 0 Å². The maximum absolute atomic E-state index is 12.1. The van der Waals surface area contributed by atoms with E-state index < -0.39 is 0 Å². The number of piperazine rings is 1. The Morgan fingerprint density at radius 1 is 1.10 bits per heavy atom. The highest BCUT2D eigenvalue weighted by atomic mass is 16.5. The largest absolute Gasteiger partial charge is 0.495 e. The van der Waals surface area contributed by atoms with Gasteiger partial charge < -0.3 is 9.64 Å². The molecular weight excluding hydrogens is 264 g/mol. The number of Topliss-reactive ketones (excluding diaryl/α,β-unsaturated/α-hetero) is 1. The Morgan fingerprint density at radius 3 is 2.57 bits per heavy atom. The number of hydrogen-bond donors (Lipinski definition) is 0. The van der Waals surface area contributed by atoms with Crippen LogP contribution in [0.4, 0.5) is 5.69 Å². The van der Waals surface area contributed by atoms with Crippen molar-refractivity contribution in [3.05, 3.63) is 24.3 Å². The Morgan fingerprint density at radius 2 is 1.86 bits per heavy atom. The number of rotatable bonds is 3. The Kier molecular flexibility index (Phi) is 4.44. The van der Waals surface area contributed by atoms with E-state index in [0.29, 0.717) is 5.78 Å². The van der Waals surface area contributed by atoms with E-state index in [9.17, 15) is 4.79 Å². The lowest BCUT2D eigenvalue weighted by molar-refractivity contribution is -0.126. The number of hydrogen-bond acceptors (Lipinski definition) is 4. The quantitative estimate of drug-likeness (QED) is 0.854. The van der Waals surface area contributed by atoms with Crippen LogP contribution in [0.1, 0.15) is 25.7 Å². The van der Waals surface area contributed by atoms with Crippen LogP contribution in [-0.4, -0.2) is 50.0 Å². The first-order valence-electron chi connectivity index (χ1n) is 7.94. The van der Waals surface area contributed by atoms with Gasteiger partial charge in [0.1, 0.15) is 11.5 Å². The van der Waals surface area contributed by atoms with Gasteiger partial charge in [0.05, 0.1) is 18.8 Å². The lowest BCUT2D eigenvalue weighted by Gasteiger charge is -2.41. The number of carbonyl (C=O) groups is 1. The minimum absolute atomic E-state index is 0.179. The molecule has 0 amide bonds. The molecule has 1 aliphatic carbocycles. The second-order valence-electron chi connectivity index (χ2n) is 5.92. The molecule has 2 fully saturated rings. The summed E-state index contributed by atoms with van der Waals surface area (Å²) in [5.74, 6) is 1.38. The summed E-state index contributed by atoms with van der Waals surface area (Å²) in [5, 5.41) is 0. The number of ether oxygens (including phenoxy) is 1. The third kappa shape index (κ3) is 3.05. The molecule has 0 N–H and O–H groups in total. The number of methoxy groups -OCH3 is 1. The van der Waals surface area contributed by atoms with E-state index in [0.717, 1.165) is 56.9 Å². The van der Waals surface area contributed by atoms with Crippen molar-refractivity contribution in [2.45, 2.75) is 31.7 Å². The van der Waals surface area contributed by atoms with Gasteiger partial charge >= 0.3 is 0 Å². The summed E-state index contributed by atoms with van der Waals surface area (Å²) in [7, 11) is 1.72. The van der Waals surface area contributed by atoms with E-state index in [2.05, 4.69) is 21.9 Å². The standard InChI is InChI=1S/C17H24N2O2/c1-21-17-9-5-3-7-15(17)19-12-10-18(11-13-19)14-6-2-4-8-16(14)20/h3,5,7,9,14H,2,4,6,8,10-13H2,1H3. The molecule has 2 aliphatic rings. The highest BCUT2D eigenvalue weighted by molar-refractivity contribution is 5.84. The van der Waals surface area contributed by atoms with Gasteiger partial charge in [-0.1, -0.05) is 18.6 Å². The molecule has 0 bridgehead atoms. The van der Waals surface area contributed by atoms with E-state index in [-0.39, 0.29) is 6.04 Å². The average Bonchev–Trinajstić information content (AvgIpc) is 2.55. The second kappa shape index (κ2) is 6.48. The minimum atomic E-state index is 0.179. The lowest BCUT2D eigenvalue weighted by atomic mass is 9.92. The zero-order valence-corrected chi connectivity index (χ0v) is 12.8. The summed E-state index contributed by atoms with van der Waals surface area (Å²) in [6.07, 6.45) is 4.10. The molecular formula is C17H24N2O2. The van der Waals surface area contributed by atoms with E-state index >= 15 is 0 Å². The van der Waals surface area contributed by atoms with E-state index in [1.165, 1.54) is 6.42 Å². The predicted molar refractivity (Wildman–Crippen MR) is 84.0 cm³/mol. The van der Waals surface area contributed by atoms with Gasteiger partial charge in [-0.05, 0) is 25.0 Å². The van der Waals surface area contributed by atoms with Crippen LogP contribution in [0.15, 0.2) is 24.3 Å². The normalized spacial score (nSPS) is 24.1. The topological polar surface area (TPSA) is 32.8 Å². The Balaban J connectivity index is 1.63. The molecule has 21 heavy (non-hydrogen) atoms. The maximum Gasteiger partial charge on any atom is 0.149 e. The van der Waals surface area contributed by atoms with Crippen molar-refractivity contribution < 1.29 is 9.53 Å². The molecule has 4 heteroatoms. The van der Waals surface area contributed by atoms with Crippen molar-refractivity contribution in [3.8, 4) is 5.75 Å². The first kappa shape index (κ1) is 14.4. The summed E-state index contributed by atoms with van der Waals surface area (Å²) >= 11 is 0. The lowest BCUT2D eigenvalue weighted by Crippen LogP contribution is -2.53. The van der Waals surface area contributed by atoms with E-state index in [4.69, 9.17) is 4.74 Å². The molecule has 3 rings (SSSR count). The number of para-hydroxylation sites is 2. The van der Waals surface area contributed by atoms with Crippen molar-refractivity contribution >= 4 is 11.5 Å². The van der Waals surface area contributed by atoms with E-state index in [1.54, 1.807) is 7.11 Å². The first-order chi connectivity index (χ1) is 10.3. The highest BCUT2D eigenvalue weighted by Gasteiger charge is 2.30. The molecule has 1 aromatic rings.